The molecule has 8 heteroatoms. The molecular formula is C12H19N5O3. The third-order valence-corrected chi connectivity index (χ3v) is 3.35. The molecule has 2 rings (SSSR count). The normalized spacial score (nSPS) is 22.0. The van der Waals surface area contributed by atoms with Gasteiger partial charge in [-0.1, -0.05) is 12.1 Å². The second kappa shape index (κ2) is 5.89. The first-order valence-corrected chi connectivity index (χ1v) is 6.61. The molecule has 2 atom stereocenters. The van der Waals surface area contributed by atoms with Gasteiger partial charge < -0.3 is 15.3 Å². The summed E-state index contributed by atoms with van der Waals surface area (Å²) in [6.45, 7) is 4.93. The zero-order valence-corrected chi connectivity index (χ0v) is 11.6. The molecule has 2 amide bonds. The summed E-state index contributed by atoms with van der Waals surface area (Å²) in [4.78, 5) is 24.4. The van der Waals surface area contributed by atoms with Crippen LogP contribution in [0.4, 0.5) is 4.79 Å². The Labute approximate surface area is 116 Å². The molecule has 8 nitrogen and oxygen atoms in total. The first kappa shape index (κ1) is 14.3. The van der Waals surface area contributed by atoms with E-state index in [0.717, 1.165) is 13.0 Å². The van der Waals surface area contributed by atoms with Crippen LogP contribution in [0.3, 0.4) is 0 Å². The van der Waals surface area contributed by atoms with Crippen LogP contribution in [0.5, 0.6) is 0 Å². The molecule has 1 aromatic heterocycles. The lowest BCUT2D eigenvalue weighted by molar-refractivity contribution is -0.137. The summed E-state index contributed by atoms with van der Waals surface area (Å²) in [6.07, 6.45) is 2.53. The van der Waals surface area contributed by atoms with Gasteiger partial charge >= 0.3 is 12.0 Å². The fourth-order valence-electron chi connectivity index (χ4n) is 2.49. The molecular weight excluding hydrogens is 262 g/mol. The number of amides is 2. The maximum atomic E-state index is 12.0. The summed E-state index contributed by atoms with van der Waals surface area (Å²) in [5.74, 6) is -0.461. The zero-order valence-electron chi connectivity index (χ0n) is 11.6. The number of urea groups is 1. The Hall–Kier alpha value is -2.12. The maximum Gasteiger partial charge on any atom is 0.325 e. The van der Waals surface area contributed by atoms with Crippen molar-refractivity contribution < 1.29 is 14.7 Å². The Morgan fingerprint density at radius 2 is 2.25 bits per heavy atom. The standard InChI is InChI=1S/C12H19N5O3/c1-8-3-9(2)17(5-8)12(20)13-4-10-6-16(15-14-10)7-11(18)19/h6,8-9H,3-5,7H2,1-2H3,(H,13,20)(H,18,19). The Balaban J connectivity index is 1.84. The number of nitrogens with zero attached hydrogens (tertiary/aromatic N) is 4. The molecule has 1 aliphatic rings. The largest absolute Gasteiger partial charge is 0.480 e. The Morgan fingerprint density at radius 1 is 1.50 bits per heavy atom. The topological polar surface area (TPSA) is 100 Å². The van der Waals surface area contributed by atoms with E-state index in [-0.39, 0.29) is 25.2 Å². The zero-order chi connectivity index (χ0) is 14.7. The number of aromatic nitrogens is 3. The fourth-order valence-corrected chi connectivity index (χ4v) is 2.49. The van der Waals surface area contributed by atoms with Crippen LogP contribution in [0.1, 0.15) is 26.0 Å². The molecule has 1 aliphatic heterocycles. The van der Waals surface area contributed by atoms with E-state index >= 15 is 0 Å². The number of carbonyl (C=O) groups excluding carboxylic acids is 1. The molecule has 2 N–H and O–H groups in total. The van der Waals surface area contributed by atoms with Crippen LogP contribution in [0, 0.1) is 5.92 Å². The van der Waals surface area contributed by atoms with Gasteiger partial charge in [0.05, 0.1) is 12.7 Å². The average Bonchev–Trinajstić information content (AvgIpc) is 2.92. The number of hydrogen-bond donors (Lipinski definition) is 2. The number of nitrogens with one attached hydrogen (secondary N) is 1. The number of rotatable bonds is 4. The molecule has 0 radical (unpaired) electrons. The van der Waals surface area contributed by atoms with Gasteiger partial charge in [0.1, 0.15) is 12.2 Å². The van der Waals surface area contributed by atoms with Gasteiger partial charge in [0.15, 0.2) is 0 Å². The quantitative estimate of drug-likeness (QED) is 0.827. The van der Waals surface area contributed by atoms with Crippen molar-refractivity contribution in [2.24, 2.45) is 5.92 Å². The van der Waals surface area contributed by atoms with E-state index in [1.807, 2.05) is 11.8 Å². The van der Waals surface area contributed by atoms with Gasteiger partial charge in [0.2, 0.25) is 0 Å². The van der Waals surface area contributed by atoms with E-state index in [2.05, 4.69) is 22.6 Å². The predicted molar refractivity (Wildman–Crippen MR) is 69.8 cm³/mol. The summed E-state index contributed by atoms with van der Waals surface area (Å²) < 4.78 is 1.23. The van der Waals surface area contributed by atoms with Crippen molar-refractivity contribution in [3.05, 3.63) is 11.9 Å². The minimum atomic E-state index is -0.981. The number of hydrogen-bond acceptors (Lipinski definition) is 4. The minimum Gasteiger partial charge on any atom is -0.480 e. The second-order valence-corrected chi connectivity index (χ2v) is 5.30. The van der Waals surface area contributed by atoms with E-state index in [0.29, 0.717) is 11.6 Å². The molecule has 0 saturated carbocycles. The van der Waals surface area contributed by atoms with Crippen LogP contribution in [0.2, 0.25) is 0 Å². The van der Waals surface area contributed by atoms with Crippen LogP contribution < -0.4 is 5.32 Å². The number of carboxylic acids is 1. The summed E-state index contributed by atoms with van der Waals surface area (Å²) in [5.41, 5.74) is 0.541. The van der Waals surface area contributed by atoms with Crippen molar-refractivity contribution >= 4 is 12.0 Å². The second-order valence-electron chi connectivity index (χ2n) is 5.30. The minimum absolute atomic E-state index is 0.116. The third-order valence-electron chi connectivity index (χ3n) is 3.35. The highest BCUT2D eigenvalue weighted by Crippen LogP contribution is 2.21. The summed E-state index contributed by atoms with van der Waals surface area (Å²) in [5, 5.41) is 18.9. The first-order valence-electron chi connectivity index (χ1n) is 6.61. The van der Waals surface area contributed by atoms with Crippen molar-refractivity contribution in [3.8, 4) is 0 Å². The first-order chi connectivity index (χ1) is 9.45. The van der Waals surface area contributed by atoms with Crippen LogP contribution >= 0.6 is 0 Å². The van der Waals surface area contributed by atoms with Crippen LogP contribution in [-0.4, -0.2) is 49.6 Å². The number of likely N-dealkylation sites (tertiary alicyclic amines) is 1. The Bertz CT molecular complexity index is 501. The van der Waals surface area contributed by atoms with E-state index < -0.39 is 5.97 Å². The van der Waals surface area contributed by atoms with Gasteiger partial charge in [0, 0.05) is 12.6 Å². The van der Waals surface area contributed by atoms with Crippen LogP contribution in [-0.2, 0) is 17.9 Å². The van der Waals surface area contributed by atoms with Crippen molar-refractivity contribution in [2.45, 2.75) is 39.4 Å². The molecule has 2 heterocycles. The molecule has 1 aromatic rings. The molecule has 1 saturated heterocycles. The number of carbonyl (C=O) groups is 2. The lowest BCUT2D eigenvalue weighted by Gasteiger charge is -2.21. The highest BCUT2D eigenvalue weighted by atomic mass is 16.4. The third kappa shape index (κ3) is 3.46. The molecule has 0 aliphatic carbocycles. The highest BCUT2D eigenvalue weighted by molar-refractivity contribution is 5.74. The van der Waals surface area contributed by atoms with Gasteiger partial charge in [-0.05, 0) is 19.3 Å². The van der Waals surface area contributed by atoms with E-state index in [1.54, 1.807) is 0 Å². The Morgan fingerprint density at radius 3 is 2.85 bits per heavy atom. The summed E-state index contributed by atoms with van der Waals surface area (Å²) in [7, 11) is 0. The van der Waals surface area contributed by atoms with Crippen LogP contribution in [0.15, 0.2) is 6.20 Å². The lowest BCUT2D eigenvalue weighted by atomic mass is 10.1. The van der Waals surface area contributed by atoms with Crippen LogP contribution in [0.25, 0.3) is 0 Å². The van der Waals surface area contributed by atoms with Crippen molar-refractivity contribution in [1.82, 2.24) is 25.2 Å². The monoisotopic (exact) mass is 281 g/mol. The van der Waals surface area contributed by atoms with Gasteiger partial charge in [-0.15, -0.1) is 5.10 Å². The van der Waals surface area contributed by atoms with Crippen molar-refractivity contribution in [1.29, 1.82) is 0 Å². The SMILES string of the molecule is CC1CC(C)N(C(=O)NCc2cn(CC(=O)O)nn2)C1. The molecule has 0 bridgehead atoms. The summed E-state index contributed by atoms with van der Waals surface area (Å²) in [6, 6.07) is 0.127. The lowest BCUT2D eigenvalue weighted by Crippen LogP contribution is -2.41. The molecule has 2 unspecified atom stereocenters. The van der Waals surface area contributed by atoms with Gasteiger partial charge in [-0.2, -0.15) is 0 Å². The summed E-state index contributed by atoms with van der Waals surface area (Å²) >= 11 is 0. The predicted octanol–water partition coefficient (Wildman–Crippen LogP) is 0.303. The van der Waals surface area contributed by atoms with Crippen molar-refractivity contribution in [2.75, 3.05) is 6.54 Å². The average molecular weight is 281 g/mol. The smallest absolute Gasteiger partial charge is 0.325 e. The molecule has 0 spiro atoms. The van der Waals surface area contributed by atoms with E-state index in [9.17, 15) is 9.59 Å². The fraction of sp³-hybridized carbons (Fsp3) is 0.667. The Kier molecular flexibility index (Phi) is 4.21. The molecule has 1 fully saturated rings. The highest BCUT2D eigenvalue weighted by Gasteiger charge is 2.29. The van der Waals surface area contributed by atoms with Gasteiger partial charge in [0.25, 0.3) is 0 Å². The molecule has 0 aromatic carbocycles. The van der Waals surface area contributed by atoms with Gasteiger partial charge in [-0.25, -0.2) is 9.48 Å². The molecule has 110 valence electrons. The van der Waals surface area contributed by atoms with Gasteiger partial charge in [-0.3, -0.25) is 4.79 Å². The van der Waals surface area contributed by atoms with E-state index in [4.69, 9.17) is 5.11 Å². The maximum absolute atomic E-state index is 12.0. The van der Waals surface area contributed by atoms with Crippen molar-refractivity contribution in [3.63, 3.8) is 0 Å². The number of aliphatic carboxylic acids is 1. The molecule has 20 heavy (non-hydrogen) atoms. The van der Waals surface area contributed by atoms with E-state index in [1.165, 1.54) is 10.9 Å². The number of carboxylic acid groups (broad SMARTS) is 1.